The predicted molar refractivity (Wildman–Crippen MR) is 76.4 cm³/mol. The van der Waals surface area contributed by atoms with Crippen LogP contribution >= 0.6 is 23.1 Å². The molecule has 3 nitrogen and oxygen atoms in total. The molecule has 0 bridgehead atoms. The molecule has 1 aromatic heterocycles. The molecular formula is C13H19NO2S2. The van der Waals surface area contributed by atoms with Gasteiger partial charge in [-0.05, 0) is 49.5 Å². The molecule has 100 valence electrons. The second kappa shape index (κ2) is 5.74. The smallest absolute Gasteiger partial charge is 0.214 e. The zero-order chi connectivity index (χ0) is 13.2. The molecule has 0 spiro atoms. The standard InChI is InChI=1S/C13H19NO2S2/c1-10-8-11(17-9-10)18-12(15)13(2,3)14-4-6-16-7-5-14/h8-9H,4-7H2,1-3H3. The van der Waals surface area contributed by atoms with E-state index in [0.717, 1.165) is 30.5 Å². The lowest BCUT2D eigenvalue weighted by Crippen LogP contribution is -2.53. The number of ether oxygens (including phenoxy) is 1. The van der Waals surface area contributed by atoms with Gasteiger partial charge < -0.3 is 4.74 Å². The summed E-state index contributed by atoms with van der Waals surface area (Å²) in [5.74, 6) is 0. The van der Waals surface area contributed by atoms with Crippen molar-refractivity contribution < 1.29 is 9.53 Å². The van der Waals surface area contributed by atoms with Crippen LogP contribution < -0.4 is 0 Å². The second-order valence-corrected chi connectivity index (χ2v) is 7.18. The maximum atomic E-state index is 12.4. The Kier molecular flexibility index (Phi) is 4.48. The van der Waals surface area contributed by atoms with Crippen LogP contribution in [0.15, 0.2) is 15.7 Å². The molecule has 18 heavy (non-hydrogen) atoms. The number of rotatable bonds is 3. The van der Waals surface area contributed by atoms with Crippen LogP contribution in [0.2, 0.25) is 0 Å². The summed E-state index contributed by atoms with van der Waals surface area (Å²) < 4.78 is 6.42. The molecule has 1 fully saturated rings. The summed E-state index contributed by atoms with van der Waals surface area (Å²) in [5.41, 5.74) is 0.797. The average molecular weight is 285 g/mol. The molecule has 0 unspecified atom stereocenters. The topological polar surface area (TPSA) is 29.5 Å². The highest BCUT2D eigenvalue weighted by Crippen LogP contribution is 2.32. The number of carbonyl (C=O) groups is 1. The van der Waals surface area contributed by atoms with Crippen molar-refractivity contribution in [3.05, 3.63) is 17.0 Å². The minimum absolute atomic E-state index is 0.214. The third-order valence-corrected chi connectivity index (χ3v) is 5.58. The fourth-order valence-electron chi connectivity index (χ4n) is 1.93. The van der Waals surface area contributed by atoms with Crippen LogP contribution in [0, 0.1) is 6.92 Å². The number of hydrogen-bond donors (Lipinski definition) is 0. The Labute approximate surface area is 117 Å². The highest BCUT2D eigenvalue weighted by atomic mass is 32.2. The first-order chi connectivity index (χ1) is 8.50. The number of carbonyl (C=O) groups excluding carboxylic acids is 1. The van der Waals surface area contributed by atoms with Crippen LogP contribution in [-0.2, 0) is 9.53 Å². The normalized spacial score (nSPS) is 17.9. The van der Waals surface area contributed by atoms with E-state index in [4.69, 9.17) is 4.74 Å². The fraction of sp³-hybridized carbons (Fsp3) is 0.615. The SMILES string of the molecule is Cc1csc(SC(=O)C(C)(C)N2CCOCC2)c1. The van der Waals surface area contributed by atoms with Crippen LogP contribution in [-0.4, -0.2) is 41.9 Å². The van der Waals surface area contributed by atoms with Crippen LogP contribution in [0.4, 0.5) is 0 Å². The molecule has 1 aliphatic heterocycles. The molecule has 1 saturated heterocycles. The fourth-order valence-corrected chi connectivity index (χ4v) is 3.92. The van der Waals surface area contributed by atoms with Gasteiger partial charge in [-0.2, -0.15) is 0 Å². The molecule has 2 heterocycles. The summed E-state index contributed by atoms with van der Waals surface area (Å²) in [6.45, 7) is 9.19. The van der Waals surface area contributed by atoms with E-state index in [9.17, 15) is 4.79 Å². The Hall–Kier alpha value is -0.360. The van der Waals surface area contributed by atoms with Gasteiger partial charge in [-0.3, -0.25) is 9.69 Å². The van der Waals surface area contributed by atoms with Crippen molar-refractivity contribution >= 4 is 28.2 Å². The summed E-state index contributed by atoms with van der Waals surface area (Å²) in [5, 5.41) is 2.29. The average Bonchev–Trinajstić information content (AvgIpc) is 2.76. The molecule has 1 aromatic rings. The highest BCUT2D eigenvalue weighted by molar-refractivity contribution is 8.15. The zero-order valence-electron chi connectivity index (χ0n) is 11.1. The maximum absolute atomic E-state index is 12.4. The van der Waals surface area contributed by atoms with Gasteiger partial charge in [0, 0.05) is 13.1 Å². The molecule has 0 amide bonds. The molecule has 0 radical (unpaired) electrons. The van der Waals surface area contributed by atoms with Gasteiger partial charge in [0.1, 0.15) is 0 Å². The Morgan fingerprint density at radius 3 is 2.67 bits per heavy atom. The maximum Gasteiger partial charge on any atom is 0.214 e. The van der Waals surface area contributed by atoms with Crippen molar-refractivity contribution in [3.63, 3.8) is 0 Å². The Morgan fingerprint density at radius 1 is 1.44 bits per heavy atom. The number of hydrogen-bond acceptors (Lipinski definition) is 5. The second-order valence-electron chi connectivity index (χ2n) is 4.99. The van der Waals surface area contributed by atoms with Crippen LogP contribution in [0.1, 0.15) is 19.4 Å². The largest absolute Gasteiger partial charge is 0.379 e. The van der Waals surface area contributed by atoms with Crippen LogP contribution in [0.5, 0.6) is 0 Å². The first kappa shape index (κ1) is 14.1. The van der Waals surface area contributed by atoms with E-state index in [-0.39, 0.29) is 5.12 Å². The first-order valence-corrected chi connectivity index (χ1v) is 7.80. The van der Waals surface area contributed by atoms with E-state index >= 15 is 0 Å². The van der Waals surface area contributed by atoms with Crippen LogP contribution in [0.3, 0.4) is 0 Å². The van der Waals surface area contributed by atoms with Crippen molar-refractivity contribution in [2.75, 3.05) is 26.3 Å². The van der Waals surface area contributed by atoms with Gasteiger partial charge in [-0.1, -0.05) is 0 Å². The van der Waals surface area contributed by atoms with Crippen molar-refractivity contribution in [2.45, 2.75) is 30.5 Å². The quantitative estimate of drug-likeness (QED) is 0.799. The number of aryl methyl sites for hydroxylation is 1. The third-order valence-electron chi connectivity index (χ3n) is 3.20. The van der Waals surface area contributed by atoms with E-state index in [0.29, 0.717) is 0 Å². The van der Waals surface area contributed by atoms with E-state index < -0.39 is 5.54 Å². The summed E-state index contributed by atoms with van der Waals surface area (Å²) in [6, 6.07) is 2.07. The molecular weight excluding hydrogens is 266 g/mol. The van der Waals surface area contributed by atoms with E-state index in [1.807, 2.05) is 13.8 Å². The van der Waals surface area contributed by atoms with E-state index in [2.05, 4.69) is 23.3 Å². The van der Waals surface area contributed by atoms with Gasteiger partial charge in [0.25, 0.3) is 0 Å². The molecule has 0 aliphatic carbocycles. The predicted octanol–water partition coefficient (Wildman–Crippen LogP) is 2.79. The molecule has 0 aromatic carbocycles. The Balaban J connectivity index is 2.02. The number of thioether (sulfide) groups is 1. The van der Waals surface area contributed by atoms with Gasteiger partial charge in [0.2, 0.25) is 5.12 Å². The lowest BCUT2D eigenvalue weighted by atomic mass is 10.0. The molecule has 0 atom stereocenters. The Bertz CT molecular complexity index is 422. The minimum atomic E-state index is -0.424. The lowest BCUT2D eigenvalue weighted by molar-refractivity contribution is -0.123. The zero-order valence-corrected chi connectivity index (χ0v) is 12.7. The molecule has 1 aliphatic rings. The lowest BCUT2D eigenvalue weighted by Gasteiger charge is -2.39. The van der Waals surface area contributed by atoms with Gasteiger partial charge in [-0.25, -0.2) is 0 Å². The van der Waals surface area contributed by atoms with Gasteiger partial charge in [-0.15, -0.1) is 11.3 Å². The monoisotopic (exact) mass is 285 g/mol. The third kappa shape index (κ3) is 3.15. The summed E-state index contributed by atoms with van der Waals surface area (Å²) in [6.07, 6.45) is 0. The molecule has 0 N–H and O–H groups in total. The minimum Gasteiger partial charge on any atom is -0.379 e. The van der Waals surface area contributed by atoms with Gasteiger partial charge in [0.05, 0.1) is 23.0 Å². The summed E-state index contributed by atoms with van der Waals surface area (Å²) in [7, 11) is 0. The first-order valence-electron chi connectivity index (χ1n) is 6.10. The van der Waals surface area contributed by atoms with Gasteiger partial charge >= 0.3 is 0 Å². The van der Waals surface area contributed by atoms with Gasteiger partial charge in [0.15, 0.2) is 0 Å². The Morgan fingerprint density at radius 2 is 2.11 bits per heavy atom. The molecule has 2 rings (SSSR count). The molecule has 0 saturated carbocycles. The van der Waals surface area contributed by atoms with Crippen molar-refractivity contribution in [1.29, 1.82) is 0 Å². The number of nitrogens with zero attached hydrogens (tertiary/aromatic N) is 1. The van der Waals surface area contributed by atoms with E-state index in [1.165, 1.54) is 17.3 Å². The summed E-state index contributed by atoms with van der Waals surface area (Å²) in [4.78, 5) is 14.6. The van der Waals surface area contributed by atoms with Crippen molar-refractivity contribution in [3.8, 4) is 0 Å². The highest BCUT2D eigenvalue weighted by Gasteiger charge is 2.35. The number of thiophene rings is 1. The van der Waals surface area contributed by atoms with Crippen molar-refractivity contribution in [2.24, 2.45) is 0 Å². The number of morpholine rings is 1. The van der Waals surface area contributed by atoms with E-state index in [1.54, 1.807) is 11.3 Å². The molecule has 5 heteroatoms. The summed E-state index contributed by atoms with van der Waals surface area (Å²) >= 11 is 3.00. The van der Waals surface area contributed by atoms with Crippen molar-refractivity contribution in [1.82, 2.24) is 4.90 Å². The van der Waals surface area contributed by atoms with Crippen LogP contribution in [0.25, 0.3) is 0 Å².